The van der Waals surface area contributed by atoms with Gasteiger partial charge in [-0.15, -0.1) is 0 Å². The molecule has 0 saturated carbocycles. The van der Waals surface area contributed by atoms with Crippen molar-refractivity contribution in [1.82, 2.24) is 4.90 Å². The number of fused-ring (bicyclic) bond motifs is 1. The average molecular weight is 253 g/mol. The maximum atomic E-state index is 11.9. The Labute approximate surface area is 106 Å². The molecule has 1 aliphatic carbocycles. The van der Waals surface area contributed by atoms with Crippen LogP contribution in [0.25, 0.3) is 0 Å². The van der Waals surface area contributed by atoms with Crippen LogP contribution in [0.3, 0.4) is 0 Å². The van der Waals surface area contributed by atoms with Gasteiger partial charge in [-0.25, -0.2) is 9.59 Å². The Hall–Kier alpha value is -1.52. The number of carboxylic acid groups (broad SMARTS) is 1. The van der Waals surface area contributed by atoms with E-state index in [-0.39, 0.29) is 17.9 Å². The van der Waals surface area contributed by atoms with Crippen molar-refractivity contribution in [2.45, 2.75) is 32.8 Å². The van der Waals surface area contributed by atoms with Crippen molar-refractivity contribution >= 4 is 12.1 Å². The largest absolute Gasteiger partial charge is 0.478 e. The minimum Gasteiger partial charge on any atom is -0.478 e. The van der Waals surface area contributed by atoms with Crippen molar-refractivity contribution in [2.75, 3.05) is 13.1 Å². The molecular weight excluding hydrogens is 234 g/mol. The van der Waals surface area contributed by atoms with Crippen LogP contribution in [-0.2, 0) is 9.53 Å². The molecule has 1 aliphatic heterocycles. The summed E-state index contributed by atoms with van der Waals surface area (Å²) in [6.45, 7) is 6.67. The molecule has 1 heterocycles. The van der Waals surface area contributed by atoms with Gasteiger partial charge < -0.3 is 14.7 Å². The summed E-state index contributed by atoms with van der Waals surface area (Å²) in [4.78, 5) is 24.4. The van der Waals surface area contributed by atoms with Crippen LogP contribution < -0.4 is 0 Å². The lowest BCUT2D eigenvalue weighted by Gasteiger charge is -2.24. The minimum atomic E-state index is -0.840. The zero-order valence-electron chi connectivity index (χ0n) is 11.0. The number of carboxylic acids is 1. The van der Waals surface area contributed by atoms with Crippen molar-refractivity contribution in [1.29, 1.82) is 0 Å². The molecule has 2 rings (SSSR count). The molecule has 1 amide bonds. The van der Waals surface area contributed by atoms with E-state index in [1.165, 1.54) is 0 Å². The highest BCUT2D eigenvalue weighted by molar-refractivity contribution is 5.87. The highest BCUT2D eigenvalue weighted by Gasteiger charge is 2.40. The van der Waals surface area contributed by atoms with E-state index in [0.29, 0.717) is 25.1 Å². The molecule has 0 spiro atoms. The Kier molecular flexibility index (Phi) is 3.09. The monoisotopic (exact) mass is 253 g/mol. The summed E-state index contributed by atoms with van der Waals surface area (Å²) in [5.41, 5.74) is -0.00883. The second-order valence-electron chi connectivity index (χ2n) is 6.01. The molecule has 1 saturated heterocycles. The molecule has 5 heteroatoms. The Bertz CT molecular complexity index is 408. The lowest BCUT2D eigenvalue weighted by molar-refractivity contribution is -0.132. The molecule has 0 aromatic rings. The number of aliphatic carboxylic acids is 1. The summed E-state index contributed by atoms with van der Waals surface area (Å²) >= 11 is 0. The van der Waals surface area contributed by atoms with Crippen molar-refractivity contribution < 1.29 is 19.4 Å². The first-order chi connectivity index (χ1) is 8.26. The van der Waals surface area contributed by atoms with E-state index in [9.17, 15) is 9.59 Å². The van der Waals surface area contributed by atoms with Crippen molar-refractivity contribution in [3.05, 3.63) is 11.6 Å². The highest BCUT2D eigenvalue weighted by Crippen LogP contribution is 2.37. The summed E-state index contributed by atoms with van der Waals surface area (Å²) in [5.74, 6) is -0.430. The van der Waals surface area contributed by atoms with E-state index in [0.717, 1.165) is 0 Å². The SMILES string of the molecule is CC(C)(C)OC(=O)N1CC2C=C(C(=O)O)CC2C1. The molecule has 5 nitrogen and oxygen atoms in total. The van der Waals surface area contributed by atoms with Gasteiger partial charge in [-0.1, -0.05) is 6.08 Å². The lowest BCUT2D eigenvalue weighted by atomic mass is 10.00. The van der Waals surface area contributed by atoms with Gasteiger partial charge in [0.1, 0.15) is 5.60 Å². The molecule has 2 unspecified atom stereocenters. The summed E-state index contributed by atoms with van der Waals surface area (Å²) in [5, 5.41) is 8.92. The van der Waals surface area contributed by atoms with Gasteiger partial charge in [0, 0.05) is 24.6 Å². The molecule has 2 aliphatic rings. The smallest absolute Gasteiger partial charge is 0.410 e. The highest BCUT2D eigenvalue weighted by atomic mass is 16.6. The number of amides is 1. The number of carbonyl (C=O) groups is 2. The van der Waals surface area contributed by atoms with Crippen molar-refractivity contribution in [3.63, 3.8) is 0 Å². The second-order valence-corrected chi connectivity index (χ2v) is 6.01. The lowest BCUT2D eigenvalue weighted by Crippen LogP contribution is -2.35. The fraction of sp³-hybridized carbons (Fsp3) is 0.692. The fourth-order valence-corrected chi connectivity index (χ4v) is 2.54. The first kappa shape index (κ1) is 12.9. The van der Waals surface area contributed by atoms with Gasteiger partial charge in [-0.2, -0.15) is 0 Å². The Balaban J connectivity index is 1.95. The van der Waals surface area contributed by atoms with Crippen LogP contribution in [0.4, 0.5) is 4.79 Å². The zero-order valence-corrected chi connectivity index (χ0v) is 11.0. The minimum absolute atomic E-state index is 0.170. The van der Waals surface area contributed by atoms with Crippen LogP contribution in [0.5, 0.6) is 0 Å². The van der Waals surface area contributed by atoms with Gasteiger partial charge in [-0.3, -0.25) is 0 Å². The number of carbonyl (C=O) groups excluding carboxylic acids is 1. The van der Waals surface area contributed by atoms with Crippen LogP contribution in [0.1, 0.15) is 27.2 Å². The normalized spacial score (nSPS) is 26.8. The van der Waals surface area contributed by atoms with Gasteiger partial charge >= 0.3 is 12.1 Å². The van der Waals surface area contributed by atoms with Gasteiger partial charge in [0.2, 0.25) is 0 Å². The second kappa shape index (κ2) is 4.30. The van der Waals surface area contributed by atoms with Crippen LogP contribution in [-0.4, -0.2) is 40.8 Å². The van der Waals surface area contributed by atoms with Gasteiger partial charge in [0.05, 0.1) is 0 Å². The summed E-state index contributed by atoms with van der Waals surface area (Å²) in [6.07, 6.45) is 2.04. The van der Waals surface area contributed by atoms with Gasteiger partial charge in [-0.05, 0) is 33.1 Å². The quantitative estimate of drug-likeness (QED) is 0.774. The molecule has 0 aromatic heterocycles. The molecule has 18 heavy (non-hydrogen) atoms. The predicted octanol–water partition coefficient (Wildman–Crippen LogP) is 1.88. The first-order valence-electron chi connectivity index (χ1n) is 6.18. The van der Waals surface area contributed by atoms with E-state index >= 15 is 0 Å². The topological polar surface area (TPSA) is 66.8 Å². The third-order valence-electron chi connectivity index (χ3n) is 3.32. The number of hydrogen-bond acceptors (Lipinski definition) is 3. The van der Waals surface area contributed by atoms with E-state index < -0.39 is 11.6 Å². The number of ether oxygens (including phenoxy) is 1. The summed E-state index contributed by atoms with van der Waals surface area (Å²) in [6, 6.07) is 0. The number of likely N-dealkylation sites (tertiary alicyclic amines) is 1. The van der Waals surface area contributed by atoms with Crippen LogP contribution in [0.2, 0.25) is 0 Å². The third kappa shape index (κ3) is 2.66. The molecular formula is C13H19NO4. The molecule has 0 bridgehead atoms. The van der Waals surface area contributed by atoms with E-state index in [1.807, 2.05) is 20.8 Å². The third-order valence-corrected chi connectivity index (χ3v) is 3.32. The molecule has 1 fully saturated rings. The van der Waals surface area contributed by atoms with Crippen molar-refractivity contribution in [2.24, 2.45) is 11.8 Å². The maximum Gasteiger partial charge on any atom is 0.410 e. The zero-order chi connectivity index (χ0) is 13.5. The standard InChI is InChI=1S/C13H19NO4/c1-13(2,3)18-12(17)14-6-9-4-8(11(15)16)5-10(9)7-14/h4,9-10H,5-7H2,1-3H3,(H,15,16). The Morgan fingerprint density at radius 2 is 2.06 bits per heavy atom. The molecule has 1 N–H and O–H groups in total. The molecule has 2 atom stereocenters. The molecule has 100 valence electrons. The Morgan fingerprint density at radius 3 is 2.56 bits per heavy atom. The van der Waals surface area contributed by atoms with E-state index in [4.69, 9.17) is 9.84 Å². The van der Waals surface area contributed by atoms with E-state index in [1.54, 1.807) is 11.0 Å². The predicted molar refractivity (Wildman–Crippen MR) is 65.1 cm³/mol. The van der Waals surface area contributed by atoms with Gasteiger partial charge in [0.15, 0.2) is 0 Å². The maximum absolute atomic E-state index is 11.9. The number of rotatable bonds is 1. The molecule has 0 radical (unpaired) electrons. The average Bonchev–Trinajstić information content (AvgIpc) is 2.69. The van der Waals surface area contributed by atoms with E-state index in [2.05, 4.69) is 0 Å². The summed E-state index contributed by atoms with van der Waals surface area (Å²) < 4.78 is 5.31. The summed E-state index contributed by atoms with van der Waals surface area (Å²) in [7, 11) is 0. The molecule has 0 aromatic carbocycles. The van der Waals surface area contributed by atoms with Crippen LogP contribution in [0.15, 0.2) is 11.6 Å². The fourth-order valence-electron chi connectivity index (χ4n) is 2.54. The number of hydrogen-bond donors (Lipinski definition) is 1. The first-order valence-corrected chi connectivity index (χ1v) is 6.18. The van der Waals surface area contributed by atoms with Gasteiger partial charge in [0.25, 0.3) is 0 Å². The van der Waals surface area contributed by atoms with Crippen molar-refractivity contribution in [3.8, 4) is 0 Å². The van der Waals surface area contributed by atoms with Crippen LogP contribution in [0, 0.1) is 11.8 Å². The number of nitrogens with zero attached hydrogens (tertiary/aromatic N) is 1. The van der Waals surface area contributed by atoms with Crippen LogP contribution >= 0.6 is 0 Å². The Morgan fingerprint density at radius 1 is 1.39 bits per heavy atom.